The van der Waals surface area contributed by atoms with Gasteiger partial charge in [0.1, 0.15) is 5.75 Å². The monoisotopic (exact) mass is 154 g/mol. The van der Waals surface area contributed by atoms with E-state index in [0.29, 0.717) is 0 Å². The lowest BCUT2D eigenvalue weighted by molar-refractivity contribution is 0.340. The van der Waals surface area contributed by atoms with Crippen LogP contribution in [0, 0.1) is 0 Å². The lowest BCUT2D eigenvalue weighted by Crippen LogP contribution is -1.95. The van der Waals surface area contributed by atoms with Crippen LogP contribution >= 0.6 is 9.24 Å². The Hall–Kier alpha value is -0.550. The van der Waals surface area contributed by atoms with Gasteiger partial charge in [-0.05, 0) is 24.4 Å². The molecule has 0 bridgehead atoms. The van der Waals surface area contributed by atoms with Crippen LogP contribution in [0.1, 0.15) is 6.92 Å². The molecule has 1 aromatic carbocycles. The first kappa shape index (κ1) is 7.56. The molecule has 0 fully saturated rings. The van der Waals surface area contributed by atoms with E-state index in [2.05, 4.69) is 9.24 Å². The third-order valence-electron chi connectivity index (χ3n) is 1.17. The molecule has 0 aliphatic heterocycles. The number of hydrogen-bond acceptors (Lipinski definition) is 1. The van der Waals surface area contributed by atoms with E-state index in [-0.39, 0.29) is 0 Å². The van der Waals surface area contributed by atoms with Gasteiger partial charge in [0.2, 0.25) is 0 Å². The maximum Gasteiger partial charge on any atom is 0.119 e. The van der Waals surface area contributed by atoms with Crippen molar-refractivity contribution in [2.45, 2.75) is 6.92 Å². The van der Waals surface area contributed by atoms with Crippen LogP contribution in [0.25, 0.3) is 0 Å². The molecule has 10 heavy (non-hydrogen) atoms. The molecule has 0 saturated heterocycles. The highest BCUT2D eigenvalue weighted by Crippen LogP contribution is 2.07. The minimum absolute atomic E-state index is 0.730. The van der Waals surface area contributed by atoms with Gasteiger partial charge in [-0.1, -0.05) is 12.1 Å². The molecule has 1 rings (SSSR count). The minimum Gasteiger partial charge on any atom is -0.494 e. The summed E-state index contributed by atoms with van der Waals surface area (Å²) in [6, 6.07) is 7.95. The summed E-state index contributed by atoms with van der Waals surface area (Å²) in [6.07, 6.45) is 0. The standard InChI is InChI=1S/C8H11OP/c1-2-9-7-4-3-5-8(10)6-7/h3-6H,2,10H2,1H3. The second-order valence-corrected chi connectivity index (χ2v) is 2.67. The van der Waals surface area contributed by atoms with E-state index in [1.54, 1.807) is 0 Å². The molecule has 54 valence electrons. The molecule has 0 heterocycles. The molecule has 0 spiro atoms. The highest BCUT2D eigenvalue weighted by molar-refractivity contribution is 7.27. The maximum absolute atomic E-state index is 5.27. The third-order valence-corrected chi connectivity index (χ3v) is 1.53. The van der Waals surface area contributed by atoms with Crippen molar-refractivity contribution in [1.82, 2.24) is 0 Å². The van der Waals surface area contributed by atoms with Crippen LogP contribution in [-0.2, 0) is 0 Å². The van der Waals surface area contributed by atoms with Gasteiger partial charge in [0.25, 0.3) is 0 Å². The van der Waals surface area contributed by atoms with Crippen molar-refractivity contribution >= 4 is 14.5 Å². The van der Waals surface area contributed by atoms with Crippen LogP contribution in [0.5, 0.6) is 5.75 Å². The minimum atomic E-state index is 0.730. The summed E-state index contributed by atoms with van der Waals surface area (Å²) in [6.45, 7) is 2.71. The fourth-order valence-corrected chi connectivity index (χ4v) is 1.05. The Morgan fingerprint density at radius 2 is 2.30 bits per heavy atom. The molecule has 1 atom stereocenters. The van der Waals surface area contributed by atoms with Crippen molar-refractivity contribution in [3.63, 3.8) is 0 Å². The summed E-state index contributed by atoms with van der Waals surface area (Å²) in [5.74, 6) is 0.940. The number of hydrogen-bond donors (Lipinski definition) is 0. The normalized spacial score (nSPS) is 9.40. The molecule has 0 amide bonds. The average Bonchev–Trinajstić information content (AvgIpc) is 1.88. The van der Waals surface area contributed by atoms with Crippen molar-refractivity contribution in [2.24, 2.45) is 0 Å². The zero-order chi connectivity index (χ0) is 7.40. The Labute approximate surface area is 63.6 Å². The molecule has 1 nitrogen and oxygen atoms in total. The van der Waals surface area contributed by atoms with E-state index in [1.807, 2.05) is 31.2 Å². The topological polar surface area (TPSA) is 9.23 Å². The fraction of sp³-hybridized carbons (Fsp3) is 0.250. The number of benzene rings is 1. The number of ether oxygens (including phenoxy) is 1. The highest BCUT2D eigenvalue weighted by atomic mass is 31.0. The summed E-state index contributed by atoms with van der Waals surface area (Å²) in [5, 5.41) is 1.16. The molecule has 0 aromatic heterocycles. The molecule has 0 aliphatic rings. The van der Waals surface area contributed by atoms with Gasteiger partial charge in [-0.25, -0.2) is 0 Å². The molecular formula is C8H11OP. The van der Waals surface area contributed by atoms with E-state index in [9.17, 15) is 0 Å². The highest BCUT2D eigenvalue weighted by Gasteiger charge is 1.89. The van der Waals surface area contributed by atoms with Gasteiger partial charge in [-0.3, -0.25) is 0 Å². The predicted octanol–water partition coefficient (Wildman–Crippen LogP) is 1.59. The van der Waals surface area contributed by atoms with E-state index in [1.165, 1.54) is 0 Å². The Kier molecular flexibility index (Phi) is 2.70. The summed E-state index contributed by atoms with van der Waals surface area (Å²) < 4.78 is 5.27. The SMILES string of the molecule is CCOc1cccc(P)c1. The van der Waals surface area contributed by atoms with E-state index in [4.69, 9.17) is 4.74 Å². The summed E-state index contributed by atoms with van der Waals surface area (Å²) >= 11 is 0. The third kappa shape index (κ3) is 2.00. The second-order valence-electron chi connectivity index (χ2n) is 2.01. The molecule has 0 radical (unpaired) electrons. The van der Waals surface area contributed by atoms with Gasteiger partial charge in [0, 0.05) is 0 Å². The Bertz CT molecular complexity index is 210. The zero-order valence-corrected chi connectivity index (χ0v) is 7.16. The Morgan fingerprint density at radius 1 is 1.50 bits per heavy atom. The molecule has 1 aromatic rings. The first-order chi connectivity index (χ1) is 4.83. The van der Waals surface area contributed by atoms with Crippen molar-refractivity contribution in [3.8, 4) is 5.75 Å². The van der Waals surface area contributed by atoms with Gasteiger partial charge in [0.15, 0.2) is 0 Å². The zero-order valence-electron chi connectivity index (χ0n) is 6.00. The van der Waals surface area contributed by atoms with Crippen LogP contribution in [0.4, 0.5) is 0 Å². The fourth-order valence-electron chi connectivity index (χ4n) is 0.771. The average molecular weight is 154 g/mol. The summed E-state index contributed by atoms with van der Waals surface area (Å²) in [4.78, 5) is 0. The van der Waals surface area contributed by atoms with Crippen LogP contribution < -0.4 is 10.0 Å². The smallest absolute Gasteiger partial charge is 0.119 e. The van der Waals surface area contributed by atoms with Crippen LogP contribution in [0.2, 0.25) is 0 Å². The Morgan fingerprint density at radius 3 is 2.90 bits per heavy atom. The van der Waals surface area contributed by atoms with Crippen LogP contribution in [-0.4, -0.2) is 6.61 Å². The van der Waals surface area contributed by atoms with Crippen molar-refractivity contribution < 1.29 is 4.74 Å². The summed E-state index contributed by atoms with van der Waals surface area (Å²) in [7, 11) is 2.63. The molecule has 0 N–H and O–H groups in total. The predicted molar refractivity (Wildman–Crippen MR) is 47.0 cm³/mol. The maximum atomic E-state index is 5.27. The molecule has 0 saturated carbocycles. The van der Waals surface area contributed by atoms with Gasteiger partial charge in [-0.15, -0.1) is 9.24 Å². The quantitative estimate of drug-likeness (QED) is 0.588. The van der Waals surface area contributed by atoms with Crippen molar-refractivity contribution in [1.29, 1.82) is 0 Å². The molecule has 0 aliphatic carbocycles. The van der Waals surface area contributed by atoms with Crippen LogP contribution in [0.3, 0.4) is 0 Å². The van der Waals surface area contributed by atoms with Crippen molar-refractivity contribution in [3.05, 3.63) is 24.3 Å². The first-order valence-electron chi connectivity index (χ1n) is 3.31. The molecule has 1 unspecified atom stereocenters. The van der Waals surface area contributed by atoms with Gasteiger partial charge in [0.05, 0.1) is 6.61 Å². The Balaban J connectivity index is 2.75. The van der Waals surface area contributed by atoms with E-state index in [0.717, 1.165) is 17.7 Å². The largest absolute Gasteiger partial charge is 0.494 e. The van der Waals surface area contributed by atoms with Gasteiger partial charge in [-0.2, -0.15) is 0 Å². The van der Waals surface area contributed by atoms with E-state index >= 15 is 0 Å². The van der Waals surface area contributed by atoms with Crippen LogP contribution in [0.15, 0.2) is 24.3 Å². The molecule has 2 heteroatoms. The number of rotatable bonds is 2. The first-order valence-corrected chi connectivity index (χ1v) is 3.89. The van der Waals surface area contributed by atoms with Gasteiger partial charge < -0.3 is 4.74 Å². The molecular weight excluding hydrogens is 143 g/mol. The van der Waals surface area contributed by atoms with E-state index < -0.39 is 0 Å². The van der Waals surface area contributed by atoms with Crippen molar-refractivity contribution in [2.75, 3.05) is 6.61 Å². The second kappa shape index (κ2) is 3.58. The summed E-state index contributed by atoms with van der Waals surface area (Å²) in [5.41, 5.74) is 0. The van der Waals surface area contributed by atoms with Gasteiger partial charge >= 0.3 is 0 Å². The lowest BCUT2D eigenvalue weighted by atomic mass is 10.3. The lowest BCUT2D eigenvalue weighted by Gasteiger charge is -2.01.